The molecule has 0 saturated carbocycles. The summed E-state index contributed by atoms with van der Waals surface area (Å²) in [5.41, 5.74) is 1.22. The highest BCUT2D eigenvalue weighted by molar-refractivity contribution is 5.01. The zero-order valence-electron chi connectivity index (χ0n) is 12.6. The summed E-state index contributed by atoms with van der Waals surface area (Å²) in [6.45, 7) is 13.4. The predicted octanol–water partition coefficient (Wildman–Crippen LogP) is 3.28. The van der Waals surface area contributed by atoms with E-state index in [-0.39, 0.29) is 0 Å². The predicted molar refractivity (Wildman–Crippen MR) is 77.8 cm³/mol. The SMILES string of the molecule is CCCNCC(Cc1ccn(C(C)C)n1)C(C)C. The van der Waals surface area contributed by atoms with E-state index in [4.69, 9.17) is 0 Å². The lowest BCUT2D eigenvalue weighted by Gasteiger charge is -2.20. The van der Waals surface area contributed by atoms with Crippen molar-refractivity contribution >= 4 is 0 Å². The van der Waals surface area contributed by atoms with Gasteiger partial charge < -0.3 is 5.32 Å². The molecule has 18 heavy (non-hydrogen) atoms. The Hall–Kier alpha value is -0.830. The fourth-order valence-electron chi connectivity index (χ4n) is 2.05. The second kappa shape index (κ2) is 7.57. The zero-order chi connectivity index (χ0) is 13.5. The summed E-state index contributed by atoms with van der Waals surface area (Å²) in [5, 5.41) is 8.18. The summed E-state index contributed by atoms with van der Waals surface area (Å²) in [4.78, 5) is 0. The molecule has 0 saturated heterocycles. The molecule has 0 radical (unpaired) electrons. The van der Waals surface area contributed by atoms with E-state index in [0.717, 1.165) is 19.5 Å². The smallest absolute Gasteiger partial charge is 0.0628 e. The van der Waals surface area contributed by atoms with Gasteiger partial charge in [-0.1, -0.05) is 20.8 Å². The molecule has 1 aromatic heterocycles. The molecule has 0 spiro atoms. The minimum atomic E-state index is 0.453. The van der Waals surface area contributed by atoms with E-state index in [1.807, 2.05) is 4.68 Å². The minimum absolute atomic E-state index is 0.453. The molecule has 0 aliphatic heterocycles. The van der Waals surface area contributed by atoms with Crippen LogP contribution >= 0.6 is 0 Å². The monoisotopic (exact) mass is 251 g/mol. The fraction of sp³-hybridized carbons (Fsp3) is 0.800. The first-order valence-electron chi connectivity index (χ1n) is 7.29. The molecule has 1 atom stereocenters. The second-order valence-corrected chi connectivity index (χ2v) is 5.79. The third kappa shape index (κ3) is 4.81. The van der Waals surface area contributed by atoms with Gasteiger partial charge in [-0.3, -0.25) is 4.68 Å². The van der Waals surface area contributed by atoms with Gasteiger partial charge in [0.15, 0.2) is 0 Å². The van der Waals surface area contributed by atoms with Crippen molar-refractivity contribution in [3.8, 4) is 0 Å². The van der Waals surface area contributed by atoms with Crippen molar-refractivity contribution in [2.75, 3.05) is 13.1 Å². The van der Waals surface area contributed by atoms with E-state index in [1.165, 1.54) is 12.1 Å². The minimum Gasteiger partial charge on any atom is -0.316 e. The molecule has 0 aliphatic rings. The standard InChI is InChI=1S/C15H29N3/c1-6-8-16-11-14(12(2)3)10-15-7-9-18(17-15)13(4)5/h7,9,12-14,16H,6,8,10-11H2,1-5H3. The summed E-state index contributed by atoms with van der Waals surface area (Å²) in [6.07, 6.45) is 4.37. The average molecular weight is 251 g/mol. The van der Waals surface area contributed by atoms with Gasteiger partial charge in [0.1, 0.15) is 0 Å². The van der Waals surface area contributed by atoms with Crippen molar-refractivity contribution in [2.24, 2.45) is 11.8 Å². The van der Waals surface area contributed by atoms with Gasteiger partial charge in [0.25, 0.3) is 0 Å². The first kappa shape index (κ1) is 15.2. The Bertz CT molecular complexity index is 328. The maximum atomic E-state index is 4.65. The first-order chi connectivity index (χ1) is 8.54. The zero-order valence-corrected chi connectivity index (χ0v) is 12.6. The Morgan fingerprint density at radius 2 is 2.00 bits per heavy atom. The van der Waals surface area contributed by atoms with E-state index in [0.29, 0.717) is 17.9 Å². The van der Waals surface area contributed by atoms with E-state index < -0.39 is 0 Å². The molecular weight excluding hydrogens is 222 g/mol. The number of hydrogen-bond donors (Lipinski definition) is 1. The fourth-order valence-corrected chi connectivity index (χ4v) is 2.05. The number of hydrogen-bond acceptors (Lipinski definition) is 2. The summed E-state index contributed by atoms with van der Waals surface area (Å²) >= 11 is 0. The van der Waals surface area contributed by atoms with Crippen molar-refractivity contribution < 1.29 is 0 Å². The molecule has 1 unspecified atom stereocenters. The molecule has 3 heteroatoms. The van der Waals surface area contributed by atoms with E-state index >= 15 is 0 Å². The summed E-state index contributed by atoms with van der Waals surface area (Å²) in [5.74, 6) is 1.37. The number of nitrogens with one attached hydrogen (secondary N) is 1. The van der Waals surface area contributed by atoms with Crippen LogP contribution in [-0.2, 0) is 6.42 Å². The van der Waals surface area contributed by atoms with Crippen LogP contribution in [0.3, 0.4) is 0 Å². The van der Waals surface area contributed by atoms with E-state index in [2.05, 4.69) is 57.3 Å². The highest BCUT2D eigenvalue weighted by atomic mass is 15.3. The third-order valence-corrected chi connectivity index (χ3v) is 3.44. The number of aromatic nitrogens is 2. The lowest BCUT2D eigenvalue weighted by Crippen LogP contribution is -2.28. The maximum absolute atomic E-state index is 4.65. The van der Waals surface area contributed by atoms with Crippen LogP contribution in [0.4, 0.5) is 0 Å². The van der Waals surface area contributed by atoms with Gasteiger partial charge in [-0.25, -0.2) is 0 Å². The molecule has 1 heterocycles. The van der Waals surface area contributed by atoms with Gasteiger partial charge in [-0.15, -0.1) is 0 Å². The molecule has 0 fully saturated rings. The second-order valence-electron chi connectivity index (χ2n) is 5.79. The van der Waals surface area contributed by atoms with Crippen LogP contribution in [0.25, 0.3) is 0 Å². The van der Waals surface area contributed by atoms with Crippen LogP contribution in [-0.4, -0.2) is 22.9 Å². The molecule has 104 valence electrons. The largest absolute Gasteiger partial charge is 0.316 e. The molecule has 1 N–H and O–H groups in total. The Balaban J connectivity index is 2.53. The summed E-state index contributed by atoms with van der Waals surface area (Å²) < 4.78 is 2.05. The third-order valence-electron chi connectivity index (χ3n) is 3.44. The Morgan fingerprint density at radius 1 is 1.28 bits per heavy atom. The highest BCUT2D eigenvalue weighted by Crippen LogP contribution is 2.16. The number of nitrogens with zero attached hydrogens (tertiary/aromatic N) is 2. The van der Waals surface area contributed by atoms with Crippen LogP contribution in [0.1, 0.15) is 52.8 Å². The molecule has 1 aromatic rings. The van der Waals surface area contributed by atoms with Gasteiger partial charge in [0.2, 0.25) is 0 Å². The molecule has 0 amide bonds. The molecule has 0 aliphatic carbocycles. The van der Waals surface area contributed by atoms with Crippen LogP contribution in [0, 0.1) is 11.8 Å². The van der Waals surface area contributed by atoms with Gasteiger partial charge >= 0.3 is 0 Å². The molecule has 0 bridgehead atoms. The average Bonchev–Trinajstić information content (AvgIpc) is 2.76. The van der Waals surface area contributed by atoms with Crippen LogP contribution in [0.15, 0.2) is 12.3 Å². The Labute approximate surface area is 112 Å². The Morgan fingerprint density at radius 3 is 2.50 bits per heavy atom. The van der Waals surface area contributed by atoms with Crippen LogP contribution in [0.5, 0.6) is 0 Å². The van der Waals surface area contributed by atoms with Crippen molar-refractivity contribution in [3.63, 3.8) is 0 Å². The van der Waals surface area contributed by atoms with Crippen molar-refractivity contribution in [1.82, 2.24) is 15.1 Å². The summed E-state index contributed by atoms with van der Waals surface area (Å²) in [6, 6.07) is 2.62. The van der Waals surface area contributed by atoms with Crippen molar-refractivity contribution in [3.05, 3.63) is 18.0 Å². The van der Waals surface area contributed by atoms with Crippen molar-refractivity contribution in [2.45, 2.75) is 53.5 Å². The van der Waals surface area contributed by atoms with E-state index in [9.17, 15) is 0 Å². The molecule has 0 aromatic carbocycles. The maximum Gasteiger partial charge on any atom is 0.0628 e. The normalized spacial score (nSPS) is 13.5. The van der Waals surface area contributed by atoms with Crippen LogP contribution in [0.2, 0.25) is 0 Å². The highest BCUT2D eigenvalue weighted by Gasteiger charge is 2.15. The van der Waals surface area contributed by atoms with Gasteiger partial charge in [0.05, 0.1) is 5.69 Å². The quantitative estimate of drug-likeness (QED) is 0.719. The molecular formula is C15H29N3. The number of rotatable bonds is 8. The first-order valence-corrected chi connectivity index (χ1v) is 7.29. The van der Waals surface area contributed by atoms with Crippen molar-refractivity contribution in [1.29, 1.82) is 0 Å². The lowest BCUT2D eigenvalue weighted by molar-refractivity contribution is 0.356. The topological polar surface area (TPSA) is 29.9 Å². The lowest BCUT2D eigenvalue weighted by atomic mass is 9.91. The van der Waals surface area contributed by atoms with Gasteiger partial charge in [0, 0.05) is 12.2 Å². The van der Waals surface area contributed by atoms with Gasteiger partial charge in [-0.05, 0) is 57.7 Å². The summed E-state index contributed by atoms with van der Waals surface area (Å²) in [7, 11) is 0. The molecule has 1 rings (SSSR count). The molecule has 3 nitrogen and oxygen atoms in total. The Kier molecular flexibility index (Phi) is 6.41. The van der Waals surface area contributed by atoms with Gasteiger partial charge in [-0.2, -0.15) is 5.10 Å². The van der Waals surface area contributed by atoms with Crippen LogP contribution < -0.4 is 5.32 Å². The van der Waals surface area contributed by atoms with E-state index in [1.54, 1.807) is 0 Å².